The Kier molecular flexibility index (Phi) is 6.16. The highest BCUT2D eigenvalue weighted by molar-refractivity contribution is 5.69. The van der Waals surface area contributed by atoms with E-state index in [9.17, 15) is 18.0 Å². The monoisotopic (exact) mass is 471 g/mol. The summed E-state index contributed by atoms with van der Waals surface area (Å²) in [6, 6.07) is 8.20. The van der Waals surface area contributed by atoms with Gasteiger partial charge in [-0.1, -0.05) is 12.1 Å². The molecule has 176 valence electrons. The van der Waals surface area contributed by atoms with Gasteiger partial charge in [-0.05, 0) is 37.2 Å². The number of halogens is 3. The lowest BCUT2D eigenvalue weighted by molar-refractivity contribution is -0.141. The molecule has 0 amide bonds. The van der Waals surface area contributed by atoms with Gasteiger partial charge in [-0.15, -0.1) is 10.2 Å². The molecule has 0 aliphatic heterocycles. The van der Waals surface area contributed by atoms with Gasteiger partial charge in [0.2, 0.25) is 5.89 Å². The van der Waals surface area contributed by atoms with Gasteiger partial charge >= 0.3 is 6.18 Å². The highest BCUT2D eigenvalue weighted by Gasteiger charge is 2.28. The lowest BCUT2D eigenvalue weighted by atomic mass is 10.1. The highest BCUT2D eigenvalue weighted by atomic mass is 19.4. The number of anilines is 1. The fourth-order valence-electron chi connectivity index (χ4n) is 3.40. The van der Waals surface area contributed by atoms with Gasteiger partial charge in [0.15, 0.2) is 11.5 Å². The smallest absolute Gasteiger partial charge is 0.406 e. The molecule has 0 bridgehead atoms. The molecule has 3 N–H and O–H groups in total. The minimum Gasteiger partial charge on any atom is -0.414 e. The largest absolute Gasteiger partial charge is 0.414 e. The number of nitrogens with two attached hydrogens (primary N) is 1. The third kappa shape index (κ3) is 4.96. The maximum absolute atomic E-state index is 12.8. The van der Waals surface area contributed by atoms with Crippen LogP contribution in [0.4, 0.5) is 19.0 Å². The molecule has 34 heavy (non-hydrogen) atoms. The zero-order chi connectivity index (χ0) is 24.5. The standard InChI is InChI=1S/C22H20F3N7O2/c1-12-7-13(8-27-2)3-5-15(12)20-30-31-21(34-20)18-19(26)28-9-16(29-18)14-4-6-17(33)32(10-14)11-22(23,24)25/h3-7,9-10,27H,8,11H2,1-2H3,(H2,26,28). The number of hydrogen-bond donors (Lipinski definition) is 2. The summed E-state index contributed by atoms with van der Waals surface area (Å²) in [5.41, 5.74) is 8.44. The van der Waals surface area contributed by atoms with Crippen molar-refractivity contribution in [1.82, 2.24) is 30.0 Å². The number of nitrogen functional groups attached to an aromatic ring is 1. The number of alkyl halides is 3. The molecule has 3 aromatic heterocycles. The van der Waals surface area contributed by atoms with Crippen molar-refractivity contribution in [1.29, 1.82) is 0 Å². The number of hydrogen-bond acceptors (Lipinski definition) is 8. The number of aromatic nitrogens is 5. The summed E-state index contributed by atoms with van der Waals surface area (Å²) in [5.74, 6) is 0.265. The lowest BCUT2D eigenvalue weighted by Crippen LogP contribution is -2.27. The first kappa shape index (κ1) is 23.1. The Labute approximate surface area is 191 Å². The van der Waals surface area contributed by atoms with E-state index in [1.54, 1.807) is 0 Å². The second-order valence-electron chi connectivity index (χ2n) is 7.58. The summed E-state index contributed by atoms with van der Waals surface area (Å²) < 4.78 is 44.7. The van der Waals surface area contributed by atoms with Crippen LogP contribution in [0.25, 0.3) is 34.3 Å². The van der Waals surface area contributed by atoms with Crippen molar-refractivity contribution in [2.45, 2.75) is 26.2 Å². The van der Waals surface area contributed by atoms with Gasteiger partial charge in [0.1, 0.15) is 6.54 Å². The highest BCUT2D eigenvalue weighted by Crippen LogP contribution is 2.29. The van der Waals surface area contributed by atoms with Gasteiger partial charge in [0.05, 0.1) is 11.9 Å². The van der Waals surface area contributed by atoms with Crippen LogP contribution in [-0.2, 0) is 13.1 Å². The number of aryl methyl sites for hydroxylation is 1. The molecular formula is C22H20F3N7O2. The summed E-state index contributed by atoms with van der Waals surface area (Å²) >= 11 is 0. The molecule has 9 nitrogen and oxygen atoms in total. The summed E-state index contributed by atoms with van der Waals surface area (Å²) in [6.07, 6.45) is -2.20. The van der Waals surface area contributed by atoms with Crippen molar-refractivity contribution in [2.24, 2.45) is 0 Å². The Bertz CT molecular complexity index is 1400. The maximum atomic E-state index is 12.8. The van der Waals surface area contributed by atoms with Crippen molar-refractivity contribution < 1.29 is 17.6 Å². The first-order valence-electron chi connectivity index (χ1n) is 10.1. The average Bonchev–Trinajstić information content (AvgIpc) is 3.25. The molecular weight excluding hydrogens is 451 g/mol. The van der Waals surface area contributed by atoms with Crippen molar-refractivity contribution in [3.63, 3.8) is 0 Å². The topological polar surface area (TPSA) is 125 Å². The fraction of sp³-hybridized carbons (Fsp3) is 0.227. The van der Waals surface area contributed by atoms with Crippen LogP contribution < -0.4 is 16.6 Å². The van der Waals surface area contributed by atoms with Crippen molar-refractivity contribution in [3.05, 3.63) is 64.2 Å². The Morgan fingerprint density at radius 3 is 2.62 bits per heavy atom. The molecule has 0 radical (unpaired) electrons. The minimum atomic E-state index is -4.55. The van der Waals surface area contributed by atoms with E-state index in [0.717, 1.165) is 29.0 Å². The van der Waals surface area contributed by atoms with E-state index in [4.69, 9.17) is 10.2 Å². The third-order valence-electron chi connectivity index (χ3n) is 4.96. The van der Waals surface area contributed by atoms with Gasteiger partial charge in [0.25, 0.3) is 11.4 Å². The average molecular weight is 471 g/mol. The van der Waals surface area contributed by atoms with E-state index in [2.05, 4.69) is 25.5 Å². The predicted molar refractivity (Wildman–Crippen MR) is 118 cm³/mol. The number of nitrogens with zero attached hydrogens (tertiary/aromatic N) is 5. The molecule has 4 aromatic rings. The lowest BCUT2D eigenvalue weighted by Gasteiger charge is -2.11. The van der Waals surface area contributed by atoms with E-state index in [-0.39, 0.29) is 34.6 Å². The Morgan fingerprint density at radius 1 is 1.15 bits per heavy atom. The zero-order valence-corrected chi connectivity index (χ0v) is 18.2. The van der Waals surface area contributed by atoms with E-state index < -0.39 is 18.3 Å². The molecule has 0 fully saturated rings. The molecule has 0 saturated carbocycles. The Morgan fingerprint density at radius 2 is 1.91 bits per heavy atom. The second-order valence-corrected chi connectivity index (χ2v) is 7.58. The molecule has 0 spiro atoms. The molecule has 0 atom stereocenters. The van der Waals surface area contributed by atoms with Gasteiger partial charge in [-0.25, -0.2) is 9.97 Å². The zero-order valence-electron chi connectivity index (χ0n) is 18.2. The SMILES string of the molecule is CNCc1ccc(-c2nnc(-c3nc(-c4ccc(=O)n(CC(F)(F)F)c4)cnc3N)o2)c(C)c1. The van der Waals surface area contributed by atoms with Crippen molar-refractivity contribution in [3.8, 4) is 34.3 Å². The van der Waals surface area contributed by atoms with Crippen LogP contribution in [0.1, 0.15) is 11.1 Å². The molecule has 1 aromatic carbocycles. The van der Waals surface area contributed by atoms with E-state index in [0.29, 0.717) is 11.1 Å². The summed E-state index contributed by atoms with van der Waals surface area (Å²) in [6.45, 7) is 1.21. The summed E-state index contributed by atoms with van der Waals surface area (Å²) in [7, 11) is 1.86. The second kappa shape index (κ2) is 9.06. The van der Waals surface area contributed by atoms with Gasteiger partial charge in [-0.2, -0.15) is 13.2 Å². The van der Waals surface area contributed by atoms with Crippen LogP contribution in [0, 0.1) is 6.92 Å². The van der Waals surface area contributed by atoms with Crippen LogP contribution in [0.15, 0.2) is 51.9 Å². The molecule has 0 saturated heterocycles. The van der Waals surface area contributed by atoms with Crippen LogP contribution in [-0.4, -0.2) is 38.0 Å². The van der Waals surface area contributed by atoms with Crippen LogP contribution in [0.2, 0.25) is 0 Å². The van der Waals surface area contributed by atoms with Gasteiger partial charge < -0.3 is 20.0 Å². The first-order chi connectivity index (χ1) is 16.1. The van der Waals surface area contributed by atoms with E-state index in [1.165, 1.54) is 12.3 Å². The van der Waals surface area contributed by atoms with Gasteiger partial charge in [-0.3, -0.25) is 4.79 Å². The van der Waals surface area contributed by atoms with Crippen molar-refractivity contribution >= 4 is 5.82 Å². The van der Waals surface area contributed by atoms with Crippen molar-refractivity contribution in [2.75, 3.05) is 12.8 Å². The molecule has 0 aliphatic rings. The quantitative estimate of drug-likeness (QED) is 0.439. The molecule has 0 aliphatic carbocycles. The maximum Gasteiger partial charge on any atom is 0.406 e. The molecule has 4 rings (SSSR count). The number of benzene rings is 1. The minimum absolute atomic E-state index is 0.00338. The summed E-state index contributed by atoms with van der Waals surface area (Å²) in [4.78, 5) is 20.2. The normalized spacial score (nSPS) is 11.7. The van der Waals surface area contributed by atoms with E-state index in [1.807, 2.05) is 32.2 Å². The van der Waals surface area contributed by atoms with Gasteiger partial charge in [0, 0.05) is 29.9 Å². The summed E-state index contributed by atoms with van der Waals surface area (Å²) in [5, 5.41) is 11.2. The fourth-order valence-corrected chi connectivity index (χ4v) is 3.40. The number of nitrogens with one attached hydrogen (secondary N) is 1. The molecule has 0 unspecified atom stereocenters. The number of rotatable bonds is 6. The Hall–Kier alpha value is -4.06. The van der Waals surface area contributed by atoms with E-state index >= 15 is 0 Å². The Balaban J connectivity index is 1.69. The third-order valence-corrected chi connectivity index (χ3v) is 4.96. The number of pyridine rings is 1. The van der Waals surface area contributed by atoms with Crippen LogP contribution in [0.5, 0.6) is 0 Å². The molecule has 12 heteroatoms. The molecule has 3 heterocycles. The van der Waals surface area contributed by atoms with Crippen LogP contribution >= 0.6 is 0 Å². The predicted octanol–water partition coefficient (Wildman–Crippen LogP) is 3.19. The van der Waals surface area contributed by atoms with Crippen LogP contribution in [0.3, 0.4) is 0 Å². The first-order valence-corrected chi connectivity index (χ1v) is 10.1.